The number of rotatable bonds is 3. The molecule has 80 valence electrons. The van der Waals surface area contributed by atoms with E-state index in [1.54, 1.807) is 12.1 Å². The molecule has 5 nitrogen and oxygen atoms in total. The highest BCUT2D eigenvalue weighted by Gasteiger charge is 2.07. The molecule has 1 aromatic carbocycles. The number of nitrogens with two attached hydrogens (primary N) is 1. The Hall–Kier alpha value is -2.04. The summed E-state index contributed by atoms with van der Waals surface area (Å²) < 4.78 is 0. The monoisotopic (exact) mass is 207 g/mol. The Morgan fingerprint density at radius 2 is 2.20 bits per heavy atom. The van der Waals surface area contributed by atoms with Crippen LogP contribution in [-0.2, 0) is 0 Å². The number of hydrogen-bond acceptors (Lipinski definition) is 3. The molecule has 0 spiro atoms. The zero-order valence-electron chi connectivity index (χ0n) is 8.40. The summed E-state index contributed by atoms with van der Waals surface area (Å²) in [6.07, 6.45) is 0. The maximum absolute atomic E-state index is 11.6. The lowest BCUT2D eigenvalue weighted by atomic mass is 10.1. The van der Waals surface area contributed by atoms with Crippen LogP contribution in [0.25, 0.3) is 0 Å². The molecule has 0 atom stereocenters. The molecular formula is C10H13N3O2. The van der Waals surface area contributed by atoms with Crippen LogP contribution in [0, 0.1) is 6.92 Å². The Labute approximate surface area is 87.6 Å². The Morgan fingerprint density at radius 1 is 1.53 bits per heavy atom. The number of amides is 1. The lowest BCUT2D eigenvalue weighted by Gasteiger charge is -2.06. The fraction of sp³-hybridized carbons (Fsp3) is 0.200. The second-order valence-corrected chi connectivity index (χ2v) is 3.09. The summed E-state index contributed by atoms with van der Waals surface area (Å²) >= 11 is 0. The van der Waals surface area contributed by atoms with Crippen molar-refractivity contribution in [2.75, 3.05) is 6.54 Å². The topological polar surface area (TPSA) is 87.7 Å². The van der Waals surface area contributed by atoms with Gasteiger partial charge in [-0.25, -0.2) is 0 Å². The summed E-state index contributed by atoms with van der Waals surface area (Å²) in [5.74, 6) is -0.267. The molecule has 0 fully saturated rings. The molecule has 1 aromatic rings. The smallest absolute Gasteiger partial charge is 0.251 e. The normalized spacial score (nSPS) is 11.1. The van der Waals surface area contributed by atoms with E-state index in [1.165, 1.54) is 0 Å². The Kier molecular flexibility index (Phi) is 3.68. The van der Waals surface area contributed by atoms with E-state index in [4.69, 9.17) is 10.9 Å². The van der Waals surface area contributed by atoms with Crippen molar-refractivity contribution in [2.45, 2.75) is 6.92 Å². The van der Waals surface area contributed by atoms with Gasteiger partial charge < -0.3 is 16.3 Å². The molecule has 0 aliphatic rings. The predicted molar refractivity (Wildman–Crippen MR) is 56.9 cm³/mol. The molecule has 1 rings (SSSR count). The first kappa shape index (κ1) is 11.0. The van der Waals surface area contributed by atoms with Gasteiger partial charge in [0.05, 0.1) is 6.54 Å². The highest BCUT2D eigenvalue weighted by atomic mass is 16.4. The molecule has 0 saturated heterocycles. The third-order valence-corrected chi connectivity index (χ3v) is 1.95. The number of oxime groups is 1. The van der Waals surface area contributed by atoms with Gasteiger partial charge >= 0.3 is 0 Å². The van der Waals surface area contributed by atoms with Crippen molar-refractivity contribution >= 4 is 11.7 Å². The summed E-state index contributed by atoms with van der Waals surface area (Å²) in [4.78, 5) is 11.6. The van der Waals surface area contributed by atoms with Crippen molar-refractivity contribution < 1.29 is 10.0 Å². The maximum atomic E-state index is 11.6. The first-order chi connectivity index (χ1) is 7.15. The molecule has 0 heterocycles. The van der Waals surface area contributed by atoms with Gasteiger partial charge in [0.15, 0.2) is 5.84 Å². The number of amidine groups is 1. The van der Waals surface area contributed by atoms with E-state index in [2.05, 4.69) is 10.5 Å². The number of carbonyl (C=O) groups excluding carboxylic acids is 1. The predicted octanol–water partition coefficient (Wildman–Crippen LogP) is 0.471. The molecule has 0 aliphatic carbocycles. The number of benzene rings is 1. The van der Waals surface area contributed by atoms with Gasteiger partial charge in [-0.15, -0.1) is 0 Å². The van der Waals surface area contributed by atoms with Crippen LogP contribution < -0.4 is 11.1 Å². The second kappa shape index (κ2) is 4.99. The van der Waals surface area contributed by atoms with Crippen LogP contribution in [0.1, 0.15) is 15.9 Å². The third kappa shape index (κ3) is 2.98. The summed E-state index contributed by atoms with van der Waals surface area (Å²) in [5.41, 5.74) is 6.69. The standard InChI is InChI=1S/C10H13N3O2/c1-7-4-2-3-5-8(7)10(14)12-6-9(11)13-15/h2-5,15H,6H2,1H3,(H2,11,13)(H,12,14). The van der Waals surface area contributed by atoms with Crippen LogP contribution >= 0.6 is 0 Å². The van der Waals surface area contributed by atoms with E-state index in [0.717, 1.165) is 5.56 Å². The molecule has 5 heteroatoms. The molecule has 4 N–H and O–H groups in total. The lowest BCUT2D eigenvalue weighted by Crippen LogP contribution is -2.33. The average molecular weight is 207 g/mol. The van der Waals surface area contributed by atoms with Crippen molar-refractivity contribution in [3.8, 4) is 0 Å². The van der Waals surface area contributed by atoms with Gasteiger partial charge in [-0.05, 0) is 18.6 Å². The van der Waals surface area contributed by atoms with Crippen molar-refractivity contribution in [3.63, 3.8) is 0 Å². The van der Waals surface area contributed by atoms with Crippen molar-refractivity contribution in [1.29, 1.82) is 0 Å². The Balaban J connectivity index is 2.66. The van der Waals surface area contributed by atoms with Gasteiger partial charge in [0.25, 0.3) is 5.91 Å². The van der Waals surface area contributed by atoms with Gasteiger partial charge in [-0.2, -0.15) is 0 Å². The lowest BCUT2D eigenvalue weighted by molar-refractivity contribution is 0.0958. The van der Waals surface area contributed by atoms with E-state index in [9.17, 15) is 4.79 Å². The molecule has 0 aliphatic heterocycles. The Bertz CT molecular complexity index is 388. The fourth-order valence-corrected chi connectivity index (χ4v) is 1.13. The first-order valence-corrected chi connectivity index (χ1v) is 4.45. The molecule has 15 heavy (non-hydrogen) atoms. The molecule has 1 amide bonds. The third-order valence-electron chi connectivity index (χ3n) is 1.95. The van der Waals surface area contributed by atoms with Crippen LogP contribution in [0.15, 0.2) is 29.4 Å². The van der Waals surface area contributed by atoms with Crippen molar-refractivity contribution in [3.05, 3.63) is 35.4 Å². The zero-order valence-corrected chi connectivity index (χ0v) is 8.40. The van der Waals surface area contributed by atoms with Crippen LogP contribution in [-0.4, -0.2) is 23.5 Å². The summed E-state index contributed by atoms with van der Waals surface area (Å²) in [7, 11) is 0. The summed E-state index contributed by atoms with van der Waals surface area (Å²) in [6.45, 7) is 1.88. The number of aryl methyl sites for hydroxylation is 1. The number of hydrogen-bond donors (Lipinski definition) is 3. The average Bonchev–Trinajstić information content (AvgIpc) is 2.26. The second-order valence-electron chi connectivity index (χ2n) is 3.09. The van der Waals surface area contributed by atoms with Crippen LogP contribution in [0.4, 0.5) is 0 Å². The largest absolute Gasteiger partial charge is 0.409 e. The highest BCUT2D eigenvalue weighted by Crippen LogP contribution is 2.05. The molecule has 0 radical (unpaired) electrons. The fourth-order valence-electron chi connectivity index (χ4n) is 1.13. The Morgan fingerprint density at radius 3 is 2.80 bits per heavy atom. The molecule has 0 aromatic heterocycles. The van der Waals surface area contributed by atoms with E-state index in [1.807, 2.05) is 19.1 Å². The van der Waals surface area contributed by atoms with Gasteiger partial charge in [0.1, 0.15) is 0 Å². The maximum Gasteiger partial charge on any atom is 0.251 e. The molecule has 0 bridgehead atoms. The van der Waals surface area contributed by atoms with E-state index >= 15 is 0 Å². The van der Waals surface area contributed by atoms with Gasteiger partial charge in [-0.3, -0.25) is 4.79 Å². The van der Waals surface area contributed by atoms with Crippen molar-refractivity contribution in [1.82, 2.24) is 5.32 Å². The minimum atomic E-state index is -0.236. The van der Waals surface area contributed by atoms with Crippen molar-refractivity contribution in [2.24, 2.45) is 10.9 Å². The minimum Gasteiger partial charge on any atom is -0.409 e. The SMILES string of the molecule is Cc1ccccc1C(=O)NC/C(N)=N/O. The van der Waals surface area contributed by atoms with E-state index in [0.29, 0.717) is 5.56 Å². The van der Waals surface area contributed by atoms with Gasteiger partial charge in [0, 0.05) is 5.56 Å². The van der Waals surface area contributed by atoms with Crippen LogP contribution in [0.5, 0.6) is 0 Å². The van der Waals surface area contributed by atoms with E-state index in [-0.39, 0.29) is 18.3 Å². The molecular weight excluding hydrogens is 194 g/mol. The molecule has 0 saturated carbocycles. The molecule has 0 unspecified atom stereocenters. The minimum absolute atomic E-state index is 0.0306. The summed E-state index contributed by atoms with van der Waals surface area (Å²) in [6, 6.07) is 7.20. The highest BCUT2D eigenvalue weighted by molar-refractivity contribution is 5.98. The zero-order chi connectivity index (χ0) is 11.3. The van der Waals surface area contributed by atoms with E-state index < -0.39 is 0 Å². The number of carbonyl (C=O) groups is 1. The first-order valence-electron chi connectivity index (χ1n) is 4.45. The number of nitrogens with one attached hydrogen (secondary N) is 1. The van der Waals surface area contributed by atoms with Crippen LogP contribution in [0.2, 0.25) is 0 Å². The van der Waals surface area contributed by atoms with Gasteiger partial charge in [0.2, 0.25) is 0 Å². The van der Waals surface area contributed by atoms with Gasteiger partial charge in [-0.1, -0.05) is 23.4 Å². The summed E-state index contributed by atoms with van der Waals surface area (Å²) in [5, 5.41) is 13.6. The van der Waals surface area contributed by atoms with Crippen LogP contribution in [0.3, 0.4) is 0 Å². The number of nitrogens with zero attached hydrogens (tertiary/aromatic N) is 1. The quantitative estimate of drug-likeness (QED) is 0.291.